The molecular weight excluding hydrogens is 390 g/mol. The number of halogens is 1. The third-order valence-electron chi connectivity index (χ3n) is 3.30. The Hall–Kier alpha value is -2.25. The van der Waals surface area contributed by atoms with Crippen LogP contribution in [0, 0.1) is 0 Å². The van der Waals surface area contributed by atoms with Gasteiger partial charge in [0.1, 0.15) is 0 Å². The van der Waals surface area contributed by atoms with Crippen molar-refractivity contribution in [3.8, 4) is 0 Å². The summed E-state index contributed by atoms with van der Waals surface area (Å²) < 4.78 is 0.895. The summed E-state index contributed by atoms with van der Waals surface area (Å²) in [5.41, 5.74) is 1.92. The van der Waals surface area contributed by atoms with Crippen molar-refractivity contribution in [3.05, 3.63) is 58.6 Å². The number of rotatable bonds is 3. The molecule has 2 amide bonds. The predicted octanol–water partition coefficient (Wildman–Crippen LogP) is 3.56. The molecule has 0 spiro atoms. The molecule has 0 fully saturated rings. The van der Waals surface area contributed by atoms with Gasteiger partial charge in [-0.15, -0.1) is 0 Å². The number of nitrogens with one attached hydrogen (secondary N) is 2. The van der Waals surface area contributed by atoms with Gasteiger partial charge in [-0.05, 0) is 54.7 Å². The van der Waals surface area contributed by atoms with Crippen molar-refractivity contribution < 1.29 is 9.59 Å². The fraction of sp³-hybridized carbons (Fsp3) is 0.118. The monoisotopic (exact) mass is 405 g/mol. The van der Waals surface area contributed by atoms with E-state index < -0.39 is 0 Å². The molecule has 124 valence electrons. The topological polar surface area (TPSA) is 61.4 Å². The zero-order valence-corrected chi connectivity index (χ0v) is 15.6. The largest absolute Gasteiger partial charge is 0.332 e. The van der Waals surface area contributed by atoms with Crippen LogP contribution in [0.5, 0.6) is 0 Å². The zero-order chi connectivity index (χ0) is 17.7. The van der Waals surface area contributed by atoms with Gasteiger partial charge in [0.15, 0.2) is 5.11 Å². The maximum Gasteiger partial charge on any atom is 0.257 e. The van der Waals surface area contributed by atoms with Crippen LogP contribution in [0.1, 0.15) is 17.3 Å². The highest BCUT2D eigenvalue weighted by atomic mass is 79.9. The molecule has 7 heteroatoms. The van der Waals surface area contributed by atoms with Gasteiger partial charge in [-0.2, -0.15) is 0 Å². The van der Waals surface area contributed by atoms with Crippen LogP contribution in [0.2, 0.25) is 0 Å². The minimum absolute atomic E-state index is 0.0710. The first-order chi connectivity index (χ1) is 11.4. The first kappa shape index (κ1) is 18.1. The van der Waals surface area contributed by atoms with Crippen molar-refractivity contribution in [3.63, 3.8) is 0 Å². The zero-order valence-electron chi connectivity index (χ0n) is 13.2. The number of benzene rings is 2. The first-order valence-corrected chi connectivity index (χ1v) is 8.29. The van der Waals surface area contributed by atoms with Crippen LogP contribution in [0.15, 0.2) is 53.0 Å². The number of carbonyl (C=O) groups excluding carboxylic acids is 2. The van der Waals surface area contributed by atoms with E-state index in [1.807, 2.05) is 6.07 Å². The Balaban J connectivity index is 2.02. The third-order valence-corrected chi connectivity index (χ3v) is 4.03. The van der Waals surface area contributed by atoms with E-state index in [-0.39, 0.29) is 16.9 Å². The van der Waals surface area contributed by atoms with Crippen molar-refractivity contribution in [2.75, 3.05) is 17.3 Å². The van der Waals surface area contributed by atoms with Gasteiger partial charge >= 0.3 is 0 Å². The highest BCUT2D eigenvalue weighted by Crippen LogP contribution is 2.18. The average Bonchev–Trinajstić information content (AvgIpc) is 2.54. The Bertz CT molecular complexity index is 778. The van der Waals surface area contributed by atoms with Crippen LogP contribution in [-0.4, -0.2) is 24.0 Å². The van der Waals surface area contributed by atoms with Crippen LogP contribution in [0.4, 0.5) is 11.4 Å². The summed E-state index contributed by atoms with van der Waals surface area (Å²) in [4.78, 5) is 25.1. The molecule has 0 saturated carbocycles. The molecular formula is C17H16BrN3O2S. The standard InChI is InChI=1S/C17H16BrN3O2S/c1-11(22)21(2)15-5-3-4-14(10-15)19-17(24)20-16(23)12-6-8-13(18)9-7-12/h3-10H,1-2H3,(H2,19,20,23,24). The summed E-state index contributed by atoms with van der Waals surface area (Å²) in [5, 5.41) is 5.75. The van der Waals surface area contributed by atoms with E-state index in [0.29, 0.717) is 11.3 Å². The molecule has 0 bridgehead atoms. The van der Waals surface area contributed by atoms with Gasteiger partial charge in [0.05, 0.1) is 0 Å². The van der Waals surface area contributed by atoms with Gasteiger partial charge < -0.3 is 10.2 Å². The highest BCUT2D eigenvalue weighted by Gasteiger charge is 2.09. The molecule has 5 nitrogen and oxygen atoms in total. The second-order valence-corrected chi connectivity index (χ2v) is 6.37. The molecule has 0 aliphatic carbocycles. The van der Waals surface area contributed by atoms with E-state index in [1.54, 1.807) is 49.5 Å². The molecule has 2 rings (SSSR count). The summed E-state index contributed by atoms with van der Waals surface area (Å²) in [5.74, 6) is -0.365. The number of amides is 2. The normalized spacial score (nSPS) is 9.96. The molecule has 0 unspecified atom stereocenters. The molecule has 24 heavy (non-hydrogen) atoms. The van der Waals surface area contributed by atoms with E-state index in [9.17, 15) is 9.59 Å². The summed E-state index contributed by atoms with van der Waals surface area (Å²) in [7, 11) is 1.69. The Morgan fingerprint density at radius 2 is 1.79 bits per heavy atom. The van der Waals surface area contributed by atoms with Crippen LogP contribution in [-0.2, 0) is 4.79 Å². The molecule has 2 aromatic rings. The van der Waals surface area contributed by atoms with Gasteiger partial charge in [0.2, 0.25) is 5.91 Å². The number of anilines is 2. The predicted molar refractivity (Wildman–Crippen MR) is 103 cm³/mol. The average molecular weight is 406 g/mol. The van der Waals surface area contributed by atoms with Gasteiger partial charge in [0.25, 0.3) is 5.91 Å². The van der Waals surface area contributed by atoms with Gasteiger partial charge in [-0.3, -0.25) is 14.9 Å². The Morgan fingerprint density at radius 3 is 2.42 bits per heavy atom. The molecule has 0 heterocycles. The Kier molecular flexibility index (Phi) is 6.05. The lowest BCUT2D eigenvalue weighted by Crippen LogP contribution is -2.34. The maximum absolute atomic E-state index is 12.1. The molecule has 2 N–H and O–H groups in total. The van der Waals surface area contributed by atoms with Crippen LogP contribution in [0.3, 0.4) is 0 Å². The van der Waals surface area contributed by atoms with Crippen LogP contribution in [0.25, 0.3) is 0 Å². The van der Waals surface area contributed by atoms with Crippen molar-refractivity contribution in [1.82, 2.24) is 5.32 Å². The Labute approximate surface area is 154 Å². The number of hydrogen-bond acceptors (Lipinski definition) is 3. The lowest BCUT2D eigenvalue weighted by Gasteiger charge is -2.16. The van der Waals surface area contributed by atoms with Crippen molar-refractivity contribution in [2.24, 2.45) is 0 Å². The van der Waals surface area contributed by atoms with Gasteiger partial charge in [0, 0.05) is 35.4 Å². The summed E-state index contributed by atoms with van der Waals surface area (Å²) in [6.45, 7) is 1.49. The summed E-state index contributed by atoms with van der Waals surface area (Å²) in [6, 6.07) is 14.2. The molecule has 0 aliphatic heterocycles. The molecule has 0 aromatic heterocycles. The first-order valence-electron chi connectivity index (χ1n) is 7.09. The van der Waals surface area contributed by atoms with E-state index in [0.717, 1.165) is 10.2 Å². The molecule has 0 aliphatic rings. The summed E-state index contributed by atoms with van der Waals surface area (Å²) in [6.07, 6.45) is 0. The second-order valence-electron chi connectivity index (χ2n) is 5.04. The van der Waals surface area contributed by atoms with Crippen molar-refractivity contribution >= 4 is 56.4 Å². The van der Waals surface area contributed by atoms with Crippen LogP contribution >= 0.6 is 28.1 Å². The molecule has 0 saturated heterocycles. The van der Waals surface area contributed by atoms with Gasteiger partial charge in [-0.1, -0.05) is 22.0 Å². The number of hydrogen-bond donors (Lipinski definition) is 2. The van der Waals surface area contributed by atoms with E-state index in [1.165, 1.54) is 11.8 Å². The fourth-order valence-corrected chi connectivity index (χ4v) is 2.39. The van der Waals surface area contributed by atoms with E-state index in [4.69, 9.17) is 12.2 Å². The Morgan fingerprint density at radius 1 is 1.12 bits per heavy atom. The number of nitrogens with zero attached hydrogens (tertiary/aromatic N) is 1. The lowest BCUT2D eigenvalue weighted by atomic mass is 10.2. The minimum Gasteiger partial charge on any atom is -0.332 e. The third kappa shape index (κ3) is 4.87. The van der Waals surface area contributed by atoms with Crippen molar-refractivity contribution in [2.45, 2.75) is 6.92 Å². The SMILES string of the molecule is CC(=O)N(C)c1cccc(NC(=S)NC(=O)c2ccc(Br)cc2)c1. The van der Waals surface area contributed by atoms with Gasteiger partial charge in [-0.25, -0.2) is 0 Å². The molecule has 2 aromatic carbocycles. The maximum atomic E-state index is 12.1. The second kappa shape index (κ2) is 8.03. The summed E-state index contributed by atoms with van der Waals surface area (Å²) >= 11 is 8.49. The smallest absolute Gasteiger partial charge is 0.257 e. The van der Waals surface area contributed by atoms with Crippen LogP contribution < -0.4 is 15.5 Å². The lowest BCUT2D eigenvalue weighted by molar-refractivity contribution is -0.116. The minimum atomic E-state index is -0.294. The molecule has 0 radical (unpaired) electrons. The van der Waals surface area contributed by atoms with Crippen molar-refractivity contribution in [1.29, 1.82) is 0 Å². The quantitative estimate of drug-likeness (QED) is 0.766. The van der Waals surface area contributed by atoms with E-state index >= 15 is 0 Å². The fourth-order valence-electron chi connectivity index (χ4n) is 1.91. The highest BCUT2D eigenvalue weighted by molar-refractivity contribution is 9.10. The number of carbonyl (C=O) groups is 2. The van der Waals surface area contributed by atoms with E-state index in [2.05, 4.69) is 26.6 Å². The molecule has 0 atom stereocenters. The number of thiocarbonyl (C=S) groups is 1.